The van der Waals surface area contributed by atoms with Gasteiger partial charge < -0.3 is 5.32 Å². The van der Waals surface area contributed by atoms with Crippen molar-refractivity contribution in [2.24, 2.45) is 7.05 Å². The van der Waals surface area contributed by atoms with Crippen LogP contribution in [0.15, 0.2) is 59.6 Å². The standard InChI is InChI=1S/C19H20N4O3S/c1-13-4-9-17(12-14(13)2)27(25,26)22-16-7-5-15(6-8-16)19(24)20-18-10-11-23(3)21-18/h4-12,22H,1-3H3,(H,20,21,24). The summed E-state index contributed by atoms with van der Waals surface area (Å²) in [5.41, 5.74) is 2.70. The van der Waals surface area contributed by atoms with Gasteiger partial charge in [0, 0.05) is 30.6 Å². The van der Waals surface area contributed by atoms with E-state index in [1.807, 2.05) is 13.8 Å². The van der Waals surface area contributed by atoms with E-state index in [9.17, 15) is 13.2 Å². The summed E-state index contributed by atoms with van der Waals surface area (Å²) in [6.07, 6.45) is 1.72. The monoisotopic (exact) mass is 384 g/mol. The molecule has 1 amide bonds. The van der Waals surface area contributed by atoms with E-state index in [0.29, 0.717) is 17.1 Å². The Balaban J connectivity index is 1.73. The van der Waals surface area contributed by atoms with Crippen molar-refractivity contribution < 1.29 is 13.2 Å². The van der Waals surface area contributed by atoms with E-state index in [2.05, 4.69) is 15.1 Å². The van der Waals surface area contributed by atoms with Crippen LogP contribution in [0.2, 0.25) is 0 Å². The molecule has 0 aliphatic carbocycles. The van der Waals surface area contributed by atoms with E-state index in [0.717, 1.165) is 11.1 Å². The molecule has 0 radical (unpaired) electrons. The zero-order valence-corrected chi connectivity index (χ0v) is 16.0. The number of benzene rings is 2. The highest BCUT2D eigenvalue weighted by atomic mass is 32.2. The van der Waals surface area contributed by atoms with Gasteiger partial charge >= 0.3 is 0 Å². The Bertz CT molecular complexity index is 1090. The minimum atomic E-state index is -3.69. The first kappa shape index (κ1) is 18.7. The summed E-state index contributed by atoms with van der Waals surface area (Å²) in [5.74, 6) is 0.124. The van der Waals surface area contributed by atoms with Gasteiger partial charge in [0.25, 0.3) is 15.9 Å². The molecule has 0 fully saturated rings. The Morgan fingerprint density at radius 1 is 1.00 bits per heavy atom. The summed E-state index contributed by atoms with van der Waals surface area (Å²) in [7, 11) is -1.94. The molecule has 3 aromatic rings. The lowest BCUT2D eigenvalue weighted by Gasteiger charge is -2.10. The van der Waals surface area contributed by atoms with Gasteiger partial charge in [0.05, 0.1) is 4.90 Å². The third-order valence-electron chi connectivity index (χ3n) is 4.14. The first-order valence-corrected chi connectivity index (χ1v) is 9.74. The number of aromatic nitrogens is 2. The highest BCUT2D eigenvalue weighted by molar-refractivity contribution is 7.92. The molecule has 3 rings (SSSR count). The van der Waals surface area contributed by atoms with Crippen LogP contribution in [0, 0.1) is 13.8 Å². The molecule has 0 bridgehead atoms. The Hall–Kier alpha value is -3.13. The molecule has 0 spiro atoms. The Morgan fingerprint density at radius 2 is 1.70 bits per heavy atom. The van der Waals surface area contributed by atoms with Crippen LogP contribution >= 0.6 is 0 Å². The van der Waals surface area contributed by atoms with Crippen molar-refractivity contribution in [2.75, 3.05) is 10.0 Å². The van der Waals surface area contributed by atoms with Crippen LogP contribution in [-0.4, -0.2) is 24.1 Å². The Morgan fingerprint density at radius 3 is 2.30 bits per heavy atom. The number of sulfonamides is 1. The number of hydrogen-bond acceptors (Lipinski definition) is 4. The number of anilines is 2. The lowest BCUT2D eigenvalue weighted by molar-refractivity contribution is 0.102. The Labute approximate surface area is 158 Å². The van der Waals surface area contributed by atoms with Gasteiger partial charge in [-0.2, -0.15) is 5.10 Å². The molecule has 1 aromatic heterocycles. The molecular formula is C19H20N4O3S. The number of hydrogen-bond donors (Lipinski definition) is 2. The molecule has 2 N–H and O–H groups in total. The van der Waals surface area contributed by atoms with E-state index >= 15 is 0 Å². The average Bonchev–Trinajstić information content (AvgIpc) is 3.02. The summed E-state index contributed by atoms with van der Waals surface area (Å²) < 4.78 is 29.2. The van der Waals surface area contributed by atoms with Crippen LogP contribution in [0.3, 0.4) is 0 Å². The number of carbonyl (C=O) groups excluding carboxylic acids is 1. The maximum absolute atomic E-state index is 12.5. The molecule has 2 aromatic carbocycles. The molecule has 0 atom stereocenters. The van der Waals surface area contributed by atoms with Crippen molar-refractivity contribution in [3.8, 4) is 0 Å². The van der Waals surface area contributed by atoms with Crippen LogP contribution in [0.25, 0.3) is 0 Å². The van der Waals surface area contributed by atoms with Crippen LogP contribution in [0.4, 0.5) is 11.5 Å². The second-order valence-electron chi connectivity index (χ2n) is 6.26. The zero-order valence-electron chi connectivity index (χ0n) is 15.2. The van der Waals surface area contributed by atoms with Gasteiger partial charge in [-0.25, -0.2) is 8.42 Å². The Kier molecular flexibility index (Phi) is 5.00. The second-order valence-corrected chi connectivity index (χ2v) is 7.94. The van der Waals surface area contributed by atoms with E-state index in [4.69, 9.17) is 0 Å². The quantitative estimate of drug-likeness (QED) is 0.707. The highest BCUT2D eigenvalue weighted by Crippen LogP contribution is 2.19. The predicted molar refractivity (Wildman–Crippen MR) is 104 cm³/mol. The fourth-order valence-electron chi connectivity index (χ4n) is 2.46. The number of amides is 1. The lowest BCUT2D eigenvalue weighted by Crippen LogP contribution is -2.14. The summed E-state index contributed by atoms with van der Waals surface area (Å²) in [5, 5.41) is 6.76. The normalized spacial score (nSPS) is 11.2. The third-order valence-corrected chi connectivity index (χ3v) is 5.52. The van der Waals surface area contributed by atoms with Crippen molar-refractivity contribution in [3.63, 3.8) is 0 Å². The number of nitrogens with zero attached hydrogens (tertiary/aromatic N) is 2. The fourth-order valence-corrected chi connectivity index (χ4v) is 3.60. The van der Waals surface area contributed by atoms with Crippen LogP contribution in [0.1, 0.15) is 21.5 Å². The van der Waals surface area contributed by atoms with E-state index in [1.165, 1.54) is 0 Å². The largest absolute Gasteiger partial charge is 0.305 e. The van der Waals surface area contributed by atoms with Crippen LogP contribution in [0.5, 0.6) is 0 Å². The van der Waals surface area contributed by atoms with E-state index < -0.39 is 10.0 Å². The smallest absolute Gasteiger partial charge is 0.261 e. The van der Waals surface area contributed by atoms with Gasteiger partial charge in [-0.05, 0) is 61.4 Å². The van der Waals surface area contributed by atoms with E-state index in [-0.39, 0.29) is 10.8 Å². The molecule has 0 saturated heterocycles. The number of nitrogens with one attached hydrogen (secondary N) is 2. The number of aryl methyl sites for hydroxylation is 3. The van der Waals surface area contributed by atoms with Gasteiger partial charge in [0.15, 0.2) is 5.82 Å². The molecule has 0 saturated carbocycles. The predicted octanol–water partition coefficient (Wildman–Crippen LogP) is 3.09. The summed E-state index contributed by atoms with van der Waals surface area (Å²) in [6.45, 7) is 3.79. The van der Waals surface area contributed by atoms with Gasteiger partial charge in [0.1, 0.15) is 0 Å². The molecule has 7 nitrogen and oxygen atoms in total. The van der Waals surface area contributed by atoms with Crippen molar-refractivity contribution in [2.45, 2.75) is 18.7 Å². The van der Waals surface area contributed by atoms with Gasteiger partial charge in [-0.3, -0.25) is 14.2 Å². The maximum atomic E-state index is 12.5. The highest BCUT2D eigenvalue weighted by Gasteiger charge is 2.15. The molecule has 0 aliphatic heterocycles. The molecular weight excluding hydrogens is 364 g/mol. The second kappa shape index (κ2) is 7.24. The maximum Gasteiger partial charge on any atom is 0.261 e. The molecule has 27 heavy (non-hydrogen) atoms. The average molecular weight is 384 g/mol. The first-order chi connectivity index (χ1) is 12.7. The molecule has 1 heterocycles. The lowest BCUT2D eigenvalue weighted by atomic mass is 10.1. The molecule has 8 heteroatoms. The summed E-state index contributed by atoms with van der Waals surface area (Å²) in [6, 6.07) is 12.9. The topological polar surface area (TPSA) is 93.1 Å². The van der Waals surface area contributed by atoms with Gasteiger partial charge in [-0.1, -0.05) is 6.07 Å². The SMILES string of the molecule is Cc1ccc(S(=O)(=O)Nc2ccc(C(=O)Nc3ccn(C)n3)cc2)cc1C. The van der Waals surface area contributed by atoms with Gasteiger partial charge in [0.2, 0.25) is 0 Å². The summed E-state index contributed by atoms with van der Waals surface area (Å²) in [4.78, 5) is 12.4. The molecule has 0 unspecified atom stereocenters. The first-order valence-electron chi connectivity index (χ1n) is 8.26. The van der Waals surface area contributed by atoms with Gasteiger partial charge in [-0.15, -0.1) is 0 Å². The zero-order chi connectivity index (χ0) is 19.6. The minimum absolute atomic E-state index is 0.197. The number of rotatable bonds is 5. The van der Waals surface area contributed by atoms with Crippen molar-refractivity contribution in [1.29, 1.82) is 0 Å². The van der Waals surface area contributed by atoms with Crippen LogP contribution < -0.4 is 10.0 Å². The number of carbonyl (C=O) groups is 1. The molecule has 140 valence electrons. The van der Waals surface area contributed by atoms with Crippen molar-refractivity contribution in [1.82, 2.24) is 9.78 Å². The third kappa shape index (κ3) is 4.35. The molecule has 0 aliphatic rings. The summed E-state index contributed by atoms with van der Waals surface area (Å²) >= 11 is 0. The van der Waals surface area contributed by atoms with E-state index in [1.54, 1.807) is 66.5 Å². The van der Waals surface area contributed by atoms with Crippen LogP contribution in [-0.2, 0) is 17.1 Å². The van der Waals surface area contributed by atoms with Crippen molar-refractivity contribution in [3.05, 3.63) is 71.4 Å². The minimum Gasteiger partial charge on any atom is -0.305 e. The van der Waals surface area contributed by atoms with Crippen molar-refractivity contribution >= 4 is 27.4 Å². The fraction of sp³-hybridized carbons (Fsp3) is 0.158.